The predicted octanol–water partition coefficient (Wildman–Crippen LogP) is 6.03. The molecule has 0 bridgehead atoms. The summed E-state index contributed by atoms with van der Waals surface area (Å²) in [6.45, 7) is 10.1. The third-order valence-corrected chi connectivity index (χ3v) is 6.38. The number of aryl methyl sites for hydroxylation is 2. The molecule has 4 nitrogen and oxygen atoms in total. The normalized spacial score (nSPS) is 11.4. The minimum atomic E-state index is 0.0199. The molecule has 175 valence electrons. The highest BCUT2D eigenvalue weighted by Gasteiger charge is 2.18. The zero-order valence-corrected chi connectivity index (χ0v) is 20.4. The monoisotopic (exact) mass is 445 g/mol. The van der Waals surface area contributed by atoms with Gasteiger partial charge in [-0.1, -0.05) is 57.9 Å². The van der Waals surface area contributed by atoms with Gasteiger partial charge in [0.15, 0.2) is 0 Å². The largest absolute Gasteiger partial charge is 0.313 e. The third-order valence-electron chi connectivity index (χ3n) is 6.38. The number of unbranched alkanes of at least 4 members (excludes halogenated alkanes) is 2. The van der Waals surface area contributed by atoms with Crippen LogP contribution in [-0.2, 0) is 17.6 Å². The van der Waals surface area contributed by atoms with Gasteiger partial charge in [0.05, 0.1) is 5.69 Å². The van der Waals surface area contributed by atoms with E-state index in [2.05, 4.69) is 30.9 Å². The molecule has 3 aromatic rings. The van der Waals surface area contributed by atoms with Gasteiger partial charge < -0.3 is 9.30 Å². The Morgan fingerprint density at radius 1 is 0.909 bits per heavy atom. The zero-order valence-electron chi connectivity index (χ0n) is 20.4. The number of pyridine rings is 1. The Bertz CT molecular complexity index is 1040. The lowest BCUT2D eigenvalue weighted by Gasteiger charge is -2.21. The molecule has 0 fully saturated rings. The minimum Gasteiger partial charge on any atom is -0.313 e. The molecule has 2 heterocycles. The van der Waals surface area contributed by atoms with Crippen LogP contribution in [-0.4, -0.2) is 41.0 Å². The first kappa shape index (κ1) is 24.9. The van der Waals surface area contributed by atoms with Crippen molar-refractivity contribution >= 4 is 17.6 Å². The summed E-state index contributed by atoms with van der Waals surface area (Å²) in [4.78, 5) is 27.0. The zero-order chi connectivity index (χ0) is 23.6. The van der Waals surface area contributed by atoms with Gasteiger partial charge in [-0.2, -0.15) is 0 Å². The minimum absolute atomic E-state index is 0.0199. The van der Waals surface area contributed by atoms with E-state index in [1.54, 1.807) is 18.3 Å². The Kier molecular flexibility index (Phi) is 9.44. The predicted molar refractivity (Wildman–Crippen MR) is 136 cm³/mol. The van der Waals surface area contributed by atoms with Crippen LogP contribution in [0.2, 0.25) is 0 Å². The first-order chi connectivity index (χ1) is 16.1. The quantitative estimate of drug-likeness (QED) is 0.285. The van der Waals surface area contributed by atoms with Crippen molar-refractivity contribution < 1.29 is 9.59 Å². The highest BCUT2D eigenvalue weighted by atomic mass is 16.1. The second kappa shape index (κ2) is 12.5. The molecular formula is C29H37N2O2. The molecule has 0 aliphatic carbocycles. The standard InChI is InChI=1S/C29H37N2O2/c1-4-7-16-30(17-8-5-2)18-9-10-23-11-13-26(14-12-23)29(33)28-25(6-3)21-27-20-24(22-32)15-19-31(27)28/h11-15,19-21H,4-10,16-18H2,1-3H3. The molecule has 1 aromatic carbocycles. The molecule has 0 aliphatic rings. The van der Waals surface area contributed by atoms with Gasteiger partial charge in [0.25, 0.3) is 0 Å². The maximum absolute atomic E-state index is 13.4. The molecule has 3 rings (SSSR count). The topological polar surface area (TPSA) is 41.8 Å². The maximum Gasteiger partial charge on any atom is 0.233 e. The van der Waals surface area contributed by atoms with Crippen LogP contribution >= 0.6 is 0 Å². The van der Waals surface area contributed by atoms with Crippen molar-refractivity contribution in [1.82, 2.24) is 9.30 Å². The molecule has 0 aliphatic heterocycles. The average Bonchev–Trinajstić information content (AvgIpc) is 3.23. The van der Waals surface area contributed by atoms with E-state index < -0.39 is 0 Å². The number of hydrogen-bond donors (Lipinski definition) is 0. The second-order valence-corrected chi connectivity index (χ2v) is 8.86. The van der Waals surface area contributed by atoms with Crippen molar-refractivity contribution in [3.63, 3.8) is 0 Å². The summed E-state index contributed by atoms with van der Waals surface area (Å²) in [7, 11) is 0. The summed E-state index contributed by atoms with van der Waals surface area (Å²) in [5, 5.41) is 0. The summed E-state index contributed by atoms with van der Waals surface area (Å²) >= 11 is 0. The Balaban J connectivity index is 1.67. The average molecular weight is 446 g/mol. The van der Waals surface area contributed by atoms with E-state index >= 15 is 0 Å². The molecule has 0 saturated heterocycles. The van der Waals surface area contributed by atoms with Gasteiger partial charge in [-0.05, 0) is 81.1 Å². The SMILES string of the molecule is CCCCN(CCCC)CCCc1ccc(C(=O)c2c(CC)cc3cc([C]=O)ccn23)cc1. The number of nitrogens with zero attached hydrogens (tertiary/aromatic N) is 2. The van der Waals surface area contributed by atoms with Crippen molar-refractivity contribution in [1.29, 1.82) is 0 Å². The molecule has 33 heavy (non-hydrogen) atoms. The molecule has 0 atom stereocenters. The molecule has 1 radical (unpaired) electrons. The Labute approximate surface area is 198 Å². The molecule has 0 saturated carbocycles. The fraction of sp³-hybridized carbons (Fsp3) is 0.448. The first-order valence-electron chi connectivity index (χ1n) is 12.5. The van der Waals surface area contributed by atoms with E-state index in [9.17, 15) is 9.59 Å². The molecule has 2 aromatic heterocycles. The van der Waals surface area contributed by atoms with Crippen molar-refractivity contribution in [2.45, 2.75) is 65.7 Å². The van der Waals surface area contributed by atoms with Crippen LogP contribution in [0.1, 0.15) is 85.6 Å². The summed E-state index contributed by atoms with van der Waals surface area (Å²) < 4.78 is 1.89. The Hall–Kier alpha value is -2.72. The maximum atomic E-state index is 13.4. The third kappa shape index (κ3) is 6.42. The van der Waals surface area contributed by atoms with Gasteiger partial charge in [0.2, 0.25) is 12.1 Å². The van der Waals surface area contributed by atoms with Gasteiger partial charge in [0.1, 0.15) is 0 Å². The number of rotatable bonds is 14. The van der Waals surface area contributed by atoms with E-state index in [1.807, 2.05) is 35.8 Å². The lowest BCUT2D eigenvalue weighted by Crippen LogP contribution is -2.27. The summed E-state index contributed by atoms with van der Waals surface area (Å²) in [6.07, 6.45) is 11.7. The smallest absolute Gasteiger partial charge is 0.233 e. The van der Waals surface area contributed by atoms with Gasteiger partial charge in [-0.3, -0.25) is 9.59 Å². The molecule has 0 amide bonds. The fourth-order valence-electron chi connectivity index (χ4n) is 4.39. The molecule has 0 spiro atoms. The molecular weight excluding hydrogens is 408 g/mol. The number of fused-ring (bicyclic) bond motifs is 1. The van der Waals surface area contributed by atoms with Gasteiger partial charge in [0, 0.05) is 22.8 Å². The molecule has 4 heteroatoms. The number of aromatic nitrogens is 1. The lowest BCUT2D eigenvalue weighted by atomic mass is 10.0. The van der Waals surface area contributed by atoms with Crippen LogP contribution in [0.5, 0.6) is 0 Å². The van der Waals surface area contributed by atoms with Gasteiger partial charge in [-0.15, -0.1) is 0 Å². The number of hydrogen-bond acceptors (Lipinski definition) is 3. The van der Waals surface area contributed by atoms with Crippen LogP contribution in [0, 0.1) is 0 Å². The van der Waals surface area contributed by atoms with Crippen LogP contribution in [0.4, 0.5) is 0 Å². The van der Waals surface area contributed by atoms with E-state index in [0.29, 0.717) is 16.8 Å². The molecule has 0 N–H and O–H groups in total. The highest BCUT2D eigenvalue weighted by molar-refractivity contribution is 6.09. The summed E-state index contributed by atoms with van der Waals surface area (Å²) in [5.74, 6) is 0.0199. The van der Waals surface area contributed by atoms with Gasteiger partial charge >= 0.3 is 0 Å². The fourth-order valence-corrected chi connectivity index (χ4v) is 4.39. The summed E-state index contributed by atoms with van der Waals surface area (Å²) in [5.41, 5.74) is 5.00. The van der Waals surface area contributed by atoms with Gasteiger partial charge in [-0.25, -0.2) is 0 Å². The Morgan fingerprint density at radius 3 is 2.18 bits per heavy atom. The first-order valence-corrected chi connectivity index (χ1v) is 12.5. The second-order valence-electron chi connectivity index (χ2n) is 8.86. The van der Waals surface area contributed by atoms with Crippen LogP contribution < -0.4 is 0 Å². The summed E-state index contributed by atoms with van der Waals surface area (Å²) in [6, 6.07) is 13.6. The number of benzene rings is 1. The number of ketones is 1. The van der Waals surface area contributed by atoms with E-state index in [0.717, 1.165) is 36.9 Å². The van der Waals surface area contributed by atoms with E-state index in [1.165, 1.54) is 44.3 Å². The molecule has 0 unspecified atom stereocenters. The van der Waals surface area contributed by atoms with Crippen LogP contribution in [0.15, 0.2) is 48.7 Å². The Morgan fingerprint density at radius 2 is 1.58 bits per heavy atom. The van der Waals surface area contributed by atoms with Crippen molar-refractivity contribution in [3.8, 4) is 0 Å². The van der Waals surface area contributed by atoms with Crippen molar-refractivity contribution in [2.75, 3.05) is 19.6 Å². The van der Waals surface area contributed by atoms with Crippen LogP contribution in [0.3, 0.4) is 0 Å². The number of carbonyl (C=O) groups is 1. The van der Waals surface area contributed by atoms with Crippen LogP contribution in [0.25, 0.3) is 5.52 Å². The van der Waals surface area contributed by atoms with Crippen molar-refractivity contribution in [2.24, 2.45) is 0 Å². The highest BCUT2D eigenvalue weighted by Crippen LogP contribution is 2.22. The van der Waals surface area contributed by atoms with E-state index in [4.69, 9.17) is 0 Å². The van der Waals surface area contributed by atoms with E-state index in [-0.39, 0.29) is 5.78 Å². The van der Waals surface area contributed by atoms with Crippen molar-refractivity contribution in [3.05, 3.63) is 76.6 Å². The lowest BCUT2D eigenvalue weighted by molar-refractivity contribution is 0.103. The number of carbonyl (C=O) groups excluding carboxylic acids is 2.